The molecule has 0 saturated carbocycles. The third-order valence-corrected chi connectivity index (χ3v) is 11.0. The van der Waals surface area contributed by atoms with Gasteiger partial charge in [-0.3, -0.25) is 9.11 Å². The maximum atomic E-state index is 11.7. The highest BCUT2D eigenvalue weighted by Gasteiger charge is 2.16. The third kappa shape index (κ3) is 11.7. The number of aromatic nitrogens is 3. The van der Waals surface area contributed by atoms with Crippen LogP contribution in [0.2, 0.25) is 0 Å². The first kappa shape index (κ1) is 43.5. The highest BCUT2D eigenvalue weighted by molar-refractivity contribution is 7.99. The van der Waals surface area contributed by atoms with Crippen molar-refractivity contribution in [2.24, 2.45) is 20.5 Å². The zero-order valence-corrected chi connectivity index (χ0v) is 34.5. The van der Waals surface area contributed by atoms with Crippen molar-refractivity contribution in [2.75, 3.05) is 59.0 Å². The van der Waals surface area contributed by atoms with E-state index < -0.39 is 20.2 Å². The summed E-state index contributed by atoms with van der Waals surface area (Å²) in [4.78, 5) is 17.5. The SMILES string of the molecule is CCN(CC)c1ccc(/N=N/c2cccc(S(=O)(=O)O)c2)c(Nc2nc(Nc3cc(N(CC)CC)ccc3/N=N/c3cccc(S(=O)(=O)O)c3)nc(SCCO)n2)c1. The lowest BCUT2D eigenvalue weighted by Crippen LogP contribution is -2.21. The number of nitrogens with one attached hydrogen (secondary N) is 2. The molecule has 0 aliphatic carbocycles. The number of nitrogens with zero attached hydrogens (tertiary/aromatic N) is 9. The summed E-state index contributed by atoms with van der Waals surface area (Å²) in [6.45, 7) is 10.9. The van der Waals surface area contributed by atoms with Crippen LogP contribution in [0.15, 0.2) is 120 Å². The van der Waals surface area contributed by atoms with Gasteiger partial charge in [0.15, 0.2) is 5.16 Å². The van der Waals surface area contributed by atoms with Crippen LogP contribution in [0, 0.1) is 0 Å². The highest BCUT2D eigenvalue weighted by Crippen LogP contribution is 2.36. The van der Waals surface area contributed by atoms with E-state index in [1.807, 2.05) is 52.0 Å². The van der Waals surface area contributed by atoms with Crippen molar-refractivity contribution < 1.29 is 31.0 Å². The molecule has 0 bridgehead atoms. The van der Waals surface area contributed by atoms with Gasteiger partial charge in [-0.05, 0) is 100 Å². The number of benzene rings is 4. The molecule has 4 aromatic carbocycles. The van der Waals surface area contributed by atoms with Gasteiger partial charge in [-0.2, -0.15) is 42.0 Å². The molecule has 0 aliphatic rings. The minimum absolute atomic E-state index is 0.115. The maximum Gasteiger partial charge on any atom is 0.294 e. The van der Waals surface area contributed by atoms with Gasteiger partial charge in [-0.25, -0.2) is 0 Å². The smallest absolute Gasteiger partial charge is 0.294 e. The van der Waals surface area contributed by atoms with Crippen LogP contribution < -0.4 is 20.4 Å². The lowest BCUT2D eigenvalue weighted by atomic mass is 10.2. The van der Waals surface area contributed by atoms with E-state index in [1.165, 1.54) is 48.2 Å². The van der Waals surface area contributed by atoms with E-state index in [4.69, 9.17) is 0 Å². The van der Waals surface area contributed by atoms with Crippen molar-refractivity contribution >= 4 is 89.4 Å². The maximum absolute atomic E-state index is 11.7. The Kier molecular flexibility index (Phi) is 14.8. The van der Waals surface area contributed by atoms with Gasteiger partial charge in [0.1, 0.15) is 11.4 Å². The molecule has 5 rings (SSSR count). The van der Waals surface area contributed by atoms with Crippen LogP contribution in [0.3, 0.4) is 0 Å². The molecule has 58 heavy (non-hydrogen) atoms. The standard InChI is InChI=1S/C37H43N11O7S3/c1-5-47(6-2)27-15-17-31(45-43-25-11-9-13-29(21-25)57(50,51)52)33(23-27)38-35-40-36(42-37(41-35)56-20-19-49)39-34-24-28(48(7-3)8-4)16-18-32(34)46-44-26-12-10-14-30(22-26)58(53,54)55/h9-18,21-24,49H,5-8,19-20H2,1-4H3,(H,50,51,52)(H,53,54,55)(H2,38,39,40,41,42)/b45-43+,46-44+. The molecule has 1 aromatic heterocycles. The van der Waals surface area contributed by atoms with E-state index in [0.29, 0.717) is 28.5 Å². The fourth-order valence-electron chi connectivity index (χ4n) is 5.54. The second kappa shape index (κ2) is 19.7. The molecular formula is C37H43N11O7S3. The Bertz CT molecular complexity index is 2330. The summed E-state index contributed by atoms with van der Waals surface area (Å²) in [6, 6.07) is 21.8. The summed E-state index contributed by atoms with van der Waals surface area (Å²) in [5, 5.41) is 33.7. The molecule has 0 unspecified atom stereocenters. The molecule has 18 nitrogen and oxygen atoms in total. The quantitative estimate of drug-likeness (QED) is 0.0297. The first-order chi connectivity index (χ1) is 27.7. The van der Waals surface area contributed by atoms with Gasteiger partial charge in [0.25, 0.3) is 20.2 Å². The summed E-state index contributed by atoms with van der Waals surface area (Å²) in [7, 11) is -8.92. The third-order valence-electron chi connectivity index (χ3n) is 8.43. The number of aliphatic hydroxyl groups excluding tert-OH is 1. The molecule has 0 radical (unpaired) electrons. The Morgan fingerprint density at radius 2 is 1.03 bits per heavy atom. The number of hydrogen-bond acceptors (Lipinski definition) is 17. The van der Waals surface area contributed by atoms with Gasteiger partial charge in [-0.1, -0.05) is 23.9 Å². The number of hydrogen-bond donors (Lipinski definition) is 5. The number of rotatable bonds is 19. The van der Waals surface area contributed by atoms with Crippen molar-refractivity contribution in [2.45, 2.75) is 42.6 Å². The Hall–Kier alpha value is -5.58. The van der Waals surface area contributed by atoms with Crippen molar-refractivity contribution in [3.63, 3.8) is 0 Å². The van der Waals surface area contributed by atoms with Gasteiger partial charge >= 0.3 is 0 Å². The molecule has 5 aromatic rings. The minimum atomic E-state index is -4.46. The molecular weight excluding hydrogens is 807 g/mol. The monoisotopic (exact) mass is 849 g/mol. The van der Waals surface area contributed by atoms with Crippen LogP contribution >= 0.6 is 11.8 Å². The van der Waals surface area contributed by atoms with E-state index in [9.17, 15) is 31.0 Å². The summed E-state index contributed by atoms with van der Waals surface area (Å²) in [5.74, 6) is 0.524. The molecule has 0 amide bonds. The normalized spacial score (nSPS) is 12.0. The van der Waals surface area contributed by atoms with Crippen molar-refractivity contribution in [1.29, 1.82) is 0 Å². The molecule has 0 saturated heterocycles. The lowest BCUT2D eigenvalue weighted by molar-refractivity contribution is 0.322. The van der Waals surface area contributed by atoms with E-state index in [-0.39, 0.29) is 44.8 Å². The number of aliphatic hydroxyl groups is 1. The minimum Gasteiger partial charge on any atom is -0.396 e. The van der Waals surface area contributed by atoms with Crippen LogP contribution in [0.25, 0.3) is 0 Å². The molecule has 1 heterocycles. The number of thioether (sulfide) groups is 1. The van der Waals surface area contributed by atoms with Crippen molar-refractivity contribution in [1.82, 2.24) is 15.0 Å². The van der Waals surface area contributed by atoms with E-state index >= 15 is 0 Å². The van der Waals surface area contributed by atoms with E-state index in [0.717, 1.165) is 37.6 Å². The Labute approximate surface area is 341 Å². The average Bonchev–Trinajstić information content (AvgIpc) is 3.20. The van der Waals surface area contributed by atoms with Gasteiger partial charge in [0.05, 0.1) is 39.1 Å². The summed E-state index contributed by atoms with van der Waals surface area (Å²) in [5.41, 5.74) is 3.75. The Morgan fingerprint density at radius 1 is 0.603 bits per heavy atom. The molecule has 0 spiro atoms. The zero-order chi connectivity index (χ0) is 41.9. The lowest BCUT2D eigenvalue weighted by Gasteiger charge is -2.22. The molecule has 21 heteroatoms. The summed E-state index contributed by atoms with van der Waals surface area (Å²) in [6.07, 6.45) is 0. The molecule has 0 aliphatic heterocycles. The van der Waals surface area contributed by atoms with Gasteiger partial charge < -0.3 is 25.5 Å². The predicted octanol–water partition coefficient (Wildman–Crippen LogP) is 8.46. The van der Waals surface area contributed by atoms with Gasteiger partial charge in [0, 0.05) is 43.3 Å². The van der Waals surface area contributed by atoms with Crippen LogP contribution in [-0.2, 0) is 20.2 Å². The second-order valence-electron chi connectivity index (χ2n) is 12.2. The summed E-state index contributed by atoms with van der Waals surface area (Å²) >= 11 is 1.20. The average molecular weight is 850 g/mol. The number of anilines is 6. The molecule has 5 N–H and O–H groups in total. The summed E-state index contributed by atoms with van der Waals surface area (Å²) < 4.78 is 65.9. The van der Waals surface area contributed by atoms with Crippen LogP contribution in [0.4, 0.5) is 57.4 Å². The van der Waals surface area contributed by atoms with Crippen LogP contribution in [0.1, 0.15) is 27.7 Å². The molecule has 0 atom stereocenters. The highest BCUT2D eigenvalue weighted by atomic mass is 32.2. The topological polar surface area (TPSA) is 248 Å². The first-order valence-corrected chi connectivity index (χ1v) is 21.9. The first-order valence-electron chi connectivity index (χ1n) is 18.0. The van der Waals surface area contributed by atoms with E-state index in [1.54, 1.807) is 24.3 Å². The van der Waals surface area contributed by atoms with Gasteiger partial charge in [-0.15, -0.1) is 10.2 Å². The molecule has 306 valence electrons. The fraction of sp³-hybridized carbons (Fsp3) is 0.270. The largest absolute Gasteiger partial charge is 0.396 e. The number of azo groups is 2. The Morgan fingerprint density at radius 3 is 1.41 bits per heavy atom. The molecule has 0 fully saturated rings. The van der Waals surface area contributed by atoms with Crippen LogP contribution in [-0.4, -0.2) is 84.5 Å². The van der Waals surface area contributed by atoms with E-state index in [2.05, 4.69) is 55.8 Å². The predicted molar refractivity (Wildman–Crippen MR) is 225 cm³/mol. The fourth-order valence-corrected chi connectivity index (χ4v) is 7.16. The zero-order valence-electron chi connectivity index (χ0n) is 32.0. The Balaban J connectivity index is 1.57. The van der Waals surface area contributed by atoms with Crippen molar-refractivity contribution in [3.8, 4) is 0 Å². The van der Waals surface area contributed by atoms with Crippen molar-refractivity contribution in [3.05, 3.63) is 84.9 Å². The van der Waals surface area contributed by atoms with Crippen LogP contribution in [0.5, 0.6) is 0 Å². The second-order valence-corrected chi connectivity index (χ2v) is 16.1. The van der Waals surface area contributed by atoms with Gasteiger partial charge in [0.2, 0.25) is 11.9 Å².